The van der Waals surface area contributed by atoms with Crippen LogP contribution in [0.4, 0.5) is 5.69 Å². The summed E-state index contributed by atoms with van der Waals surface area (Å²) in [7, 11) is 1.63. The highest BCUT2D eigenvalue weighted by Gasteiger charge is 2.42. The third kappa shape index (κ3) is 2.79. The van der Waals surface area contributed by atoms with Crippen molar-refractivity contribution in [3.05, 3.63) is 102 Å². The van der Waals surface area contributed by atoms with Crippen molar-refractivity contribution >= 4 is 11.6 Å². The predicted octanol–water partition coefficient (Wildman–Crippen LogP) is 4.84. The number of nitrogens with one attached hydrogen (secondary N) is 1. The Morgan fingerprint density at radius 3 is 2.21 bits per heavy atom. The molecule has 3 aromatic carbocycles. The number of ether oxygens (including phenoxy) is 1. The molecule has 142 valence electrons. The number of fused-ring (bicyclic) bond motifs is 1. The molecule has 5 rings (SSSR count). The first kappa shape index (κ1) is 17.3. The number of aromatic nitrogens is 2. The van der Waals surface area contributed by atoms with Gasteiger partial charge in [-0.05, 0) is 29.8 Å². The van der Waals surface area contributed by atoms with Crippen LogP contribution in [0.1, 0.15) is 27.7 Å². The Bertz CT molecular complexity index is 1150. The van der Waals surface area contributed by atoms with Crippen molar-refractivity contribution in [1.82, 2.24) is 10.2 Å². The van der Waals surface area contributed by atoms with Crippen molar-refractivity contribution in [2.24, 2.45) is 0 Å². The molecular weight excluding hydrogens is 362 g/mol. The number of nitrogens with zero attached hydrogens (tertiary/aromatic N) is 2. The highest BCUT2D eigenvalue weighted by molar-refractivity contribution is 6.11. The van der Waals surface area contributed by atoms with Crippen LogP contribution >= 0.6 is 0 Å². The Balaban J connectivity index is 1.70. The van der Waals surface area contributed by atoms with Gasteiger partial charge < -0.3 is 4.74 Å². The lowest BCUT2D eigenvalue weighted by atomic mass is 9.96. The molecule has 5 nitrogen and oxygen atoms in total. The summed E-state index contributed by atoms with van der Waals surface area (Å²) in [5.41, 5.74) is 5.08. The number of aromatic amines is 1. The normalized spacial score (nSPS) is 15.4. The van der Waals surface area contributed by atoms with Crippen LogP contribution in [-0.4, -0.2) is 23.2 Å². The number of rotatable bonds is 4. The van der Waals surface area contributed by atoms with Gasteiger partial charge in [0.2, 0.25) is 0 Å². The molecule has 1 amide bonds. The summed E-state index contributed by atoms with van der Waals surface area (Å²) in [6, 6.07) is 27.3. The number of benzene rings is 3. The van der Waals surface area contributed by atoms with E-state index in [0.29, 0.717) is 5.69 Å². The number of methoxy groups -OCH3 is 1. The molecule has 0 bridgehead atoms. The average Bonchev–Trinajstić information content (AvgIpc) is 3.34. The van der Waals surface area contributed by atoms with Gasteiger partial charge in [-0.2, -0.15) is 5.10 Å². The Morgan fingerprint density at radius 2 is 1.55 bits per heavy atom. The summed E-state index contributed by atoms with van der Waals surface area (Å²) in [4.78, 5) is 15.2. The molecule has 1 aliphatic rings. The van der Waals surface area contributed by atoms with E-state index in [-0.39, 0.29) is 11.9 Å². The van der Waals surface area contributed by atoms with Gasteiger partial charge in [-0.3, -0.25) is 14.8 Å². The fraction of sp³-hybridized carbons (Fsp3) is 0.0833. The molecule has 1 N–H and O–H groups in total. The Kier molecular flexibility index (Phi) is 4.13. The monoisotopic (exact) mass is 381 g/mol. The number of hydrogen-bond acceptors (Lipinski definition) is 3. The minimum Gasteiger partial charge on any atom is -0.497 e. The fourth-order valence-electron chi connectivity index (χ4n) is 3.92. The lowest BCUT2D eigenvalue weighted by Crippen LogP contribution is -2.29. The minimum absolute atomic E-state index is 0.0892. The van der Waals surface area contributed by atoms with E-state index in [0.717, 1.165) is 33.8 Å². The van der Waals surface area contributed by atoms with Crippen LogP contribution < -0.4 is 9.64 Å². The smallest absolute Gasteiger partial charge is 0.277 e. The molecule has 2 heterocycles. The van der Waals surface area contributed by atoms with E-state index < -0.39 is 0 Å². The molecular formula is C24H19N3O2. The van der Waals surface area contributed by atoms with Gasteiger partial charge in [0.25, 0.3) is 5.91 Å². The van der Waals surface area contributed by atoms with Gasteiger partial charge in [0.05, 0.1) is 18.8 Å². The van der Waals surface area contributed by atoms with Crippen LogP contribution in [0.15, 0.2) is 84.9 Å². The number of amides is 1. The maximum absolute atomic E-state index is 13.4. The summed E-state index contributed by atoms with van der Waals surface area (Å²) >= 11 is 0. The van der Waals surface area contributed by atoms with Crippen molar-refractivity contribution in [1.29, 1.82) is 0 Å². The van der Waals surface area contributed by atoms with E-state index >= 15 is 0 Å². The van der Waals surface area contributed by atoms with Gasteiger partial charge >= 0.3 is 0 Å². The fourth-order valence-corrected chi connectivity index (χ4v) is 3.92. The van der Waals surface area contributed by atoms with E-state index in [1.807, 2.05) is 89.8 Å². The minimum atomic E-state index is -0.263. The standard InChI is InChI=1S/C24H19N3O2/c1-29-19-14-12-18(13-15-19)27-23(17-10-6-3-7-11-17)20-21(16-8-4-2-5-9-16)25-26-22(20)24(27)28/h2-15,23H,1H3,(H,25,26)/t23-/m0/s1. The largest absolute Gasteiger partial charge is 0.497 e. The van der Waals surface area contributed by atoms with Crippen LogP contribution in [0.25, 0.3) is 11.3 Å². The van der Waals surface area contributed by atoms with Gasteiger partial charge in [0.15, 0.2) is 0 Å². The topological polar surface area (TPSA) is 58.2 Å². The van der Waals surface area contributed by atoms with Crippen molar-refractivity contribution in [2.45, 2.75) is 6.04 Å². The van der Waals surface area contributed by atoms with Crippen molar-refractivity contribution < 1.29 is 9.53 Å². The molecule has 0 unspecified atom stereocenters. The lowest BCUT2D eigenvalue weighted by Gasteiger charge is -2.26. The summed E-state index contributed by atoms with van der Waals surface area (Å²) in [5, 5.41) is 7.49. The third-order valence-corrected chi connectivity index (χ3v) is 5.28. The Labute approximate surface area is 168 Å². The molecule has 1 atom stereocenters. The molecule has 0 saturated heterocycles. The second-order valence-electron chi connectivity index (χ2n) is 6.91. The van der Waals surface area contributed by atoms with Gasteiger partial charge in [-0.1, -0.05) is 60.7 Å². The highest BCUT2D eigenvalue weighted by Crippen LogP contribution is 2.45. The summed E-state index contributed by atoms with van der Waals surface area (Å²) in [6.07, 6.45) is 0. The quantitative estimate of drug-likeness (QED) is 0.551. The predicted molar refractivity (Wildman–Crippen MR) is 112 cm³/mol. The second-order valence-corrected chi connectivity index (χ2v) is 6.91. The summed E-state index contributed by atoms with van der Waals surface area (Å²) in [6.45, 7) is 0. The highest BCUT2D eigenvalue weighted by atomic mass is 16.5. The van der Waals surface area contributed by atoms with Crippen molar-refractivity contribution in [3.8, 4) is 17.0 Å². The van der Waals surface area contributed by atoms with Gasteiger partial charge in [0, 0.05) is 16.8 Å². The molecule has 0 aliphatic carbocycles. The first-order valence-electron chi connectivity index (χ1n) is 9.44. The molecule has 1 aromatic heterocycles. The average molecular weight is 381 g/mol. The van der Waals surface area contributed by atoms with E-state index in [9.17, 15) is 4.79 Å². The summed E-state index contributed by atoms with van der Waals surface area (Å²) in [5.74, 6) is 0.663. The lowest BCUT2D eigenvalue weighted by molar-refractivity contribution is 0.0988. The molecule has 0 radical (unpaired) electrons. The molecule has 1 aliphatic heterocycles. The maximum Gasteiger partial charge on any atom is 0.277 e. The van der Waals surface area contributed by atoms with Gasteiger partial charge in [0.1, 0.15) is 11.4 Å². The molecule has 4 aromatic rings. The zero-order valence-electron chi connectivity index (χ0n) is 15.9. The number of H-pyrrole nitrogens is 1. The van der Waals surface area contributed by atoms with Crippen LogP contribution in [0.5, 0.6) is 5.75 Å². The first-order chi connectivity index (χ1) is 14.3. The molecule has 29 heavy (non-hydrogen) atoms. The molecule has 0 spiro atoms. The van der Waals surface area contributed by atoms with Crippen molar-refractivity contribution in [2.75, 3.05) is 12.0 Å². The van der Waals surface area contributed by atoms with Crippen LogP contribution in [0.2, 0.25) is 0 Å². The Hall–Kier alpha value is -3.86. The van der Waals surface area contributed by atoms with E-state index in [1.165, 1.54) is 0 Å². The van der Waals surface area contributed by atoms with E-state index in [1.54, 1.807) is 7.11 Å². The molecule has 5 heteroatoms. The van der Waals surface area contributed by atoms with Crippen LogP contribution in [-0.2, 0) is 0 Å². The van der Waals surface area contributed by atoms with Crippen molar-refractivity contribution in [3.63, 3.8) is 0 Å². The van der Waals surface area contributed by atoms with E-state index in [4.69, 9.17) is 4.74 Å². The SMILES string of the molecule is COc1ccc(N2C(=O)c3[nH]nc(-c4ccccc4)c3[C@@H]2c2ccccc2)cc1. The number of carbonyl (C=O) groups is 1. The second kappa shape index (κ2) is 6.95. The zero-order chi connectivity index (χ0) is 19.8. The third-order valence-electron chi connectivity index (χ3n) is 5.28. The van der Waals surface area contributed by atoms with Gasteiger partial charge in [-0.25, -0.2) is 0 Å². The first-order valence-corrected chi connectivity index (χ1v) is 9.44. The van der Waals surface area contributed by atoms with E-state index in [2.05, 4.69) is 10.2 Å². The number of hydrogen-bond donors (Lipinski definition) is 1. The number of carbonyl (C=O) groups excluding carboxylic acids is 1. The maximum atomic E-state index is 13.4. The van der Waals surface area contributed by atoms with Gasteiger partial charge in [-0.15, -0.1) is 0 Å². The number of anilines is 1. The molecule has 0 fully saturated rings. The van der Waals surface area contributed by atoms with Crippen LogP contribution in [0.3, 0.4) is 0 Å². The molecule has 0 saturated carbocycles. The summed E-state index contributed by atoms with van der Waals surface area (Å²) < 4.78 is 5.27. The zero-order valence-corrected chi connectivity index (χ0v) is 15.9. The Morgan fingerprint density at radius 1 is 0.897 bits per heavy atom. The van der Waals surface area contributed by atoms with Crippen LogP contribution in [0, 0.1) is 0 Å².